The van der Waals surface area contributed by atoms with Gasteiger partial charge in [-0.2, -0.15) is 13.2 Å². The first kappa shape index (κ1) is 30.0. The van der Waals surface area contributed by atoms with E-state index in [1.807, 2.05) is 44.3 Å². The summed E-state index contributed by atoms with van der Waals surface area (Å²) < 4.78 is 60.4. The summed E-state index contributed by atoms with van der Waals surface area (Å²) in [5.74, 6) is -2.76. The minimum absolute atomic E-state index is 0.237. The highest BCUT2D eigenvalue weighted by Gasteiger charge is 2.38. The van der Waals surface area contributed by atoms with Crippen LogP contribution in [-0.2, 0) is 21.4 Å². The Hall–Kier alpha value is -2.98. The zero-order valence-electron chi connectivity index (χ0n) is 21.4. The van der Waals surface area contributed by atoms with Crippen LogP contribution < -0.4 is 4.31 Å². The maximum atomic E-state index is 13.4. The maximum absolute atomic E-state index is 13.4. The van der Waals surface area contributed by atoms with Gasteiger partial charge in [-0.25, -0.2) is 18.2 Å². The number of rotatable bonds is 7. The molecule has 0 spiro atoms. The summed E-state index contributed by atoms with van der Waals surface area (Å²) >= 11 is 2.84. The lowest BCUT2D eigenvalue weighted by Gasteiger charge is -2.28. The van der Waals surface area contributed by atoms with Gasteiger partial charge >= 0.3 is 12.1 Å². The number of alkyl halides is 3. The van der Waals surface area contributed by atoms with Crippen molar-refractivity contribution in [2.24, 2.45) is 0 Å². The van der Waals surface area contributed by atoms with Crippen molar-refractivity contribution in [3.05, 3.63) is 52.9 Å². The molecule has 0 amide bonds. The van der Waals surface area contributed by atoms with E-state index in [0.29, 0.717) is 16.4 Å². The number of nitrogens with zero attached hydrogens (tertiary/aromatic N) is 3. The molecular weight excluding hydrogens is 589 g/mol. The summed E-state index contributed by atoms with van der Waals surface area (Å²) in [5, 5.41) is 20.5. The van der Waals surface area contributed by atoms with Gasteiger partial charge in [0.05, 0.1) is 23.0 Å². The van der Waals surface area contributed by atoms with Gasteiger partial charge in [0.25, 0.3) is 10.0 Å². The first-order chi connectivity index (χ1) is 18.8. The Bertz CT molecular complexity index is 1570. The number of thiophene rings is 1. The predicted molar refractivity (Wildman–Crippen MR) is 148 cm³/mol. The second-order valence-electron chi connectivity index (χ2n) is 9.36. The van der Waals surface area contributed by atoms with Crippen LogP contribution in [-0.4, -0.2) is 70.9 Å². The summed E-state index contributed by atoms with van der Waals surface area (Å²) in [6.07, 6.45) is -2.62. The molecule has 3 aromatic heterocycles. The predicted octanol–water partition coefficient (Wildman–Crippen LogP) is 5.16. The fraction of sp³-hybridized carbons (Fsp3) is 0.360. The molecular formula is C25H27F3N4O5S3. The summed E-state index contributed by atoms with van der Waals surface area (Å²) in [5.41, 5.74) is 2.28. The number of likely N-dealkylation sites (tertiary alicyclic amines) is 1. The van der Waals surface area contributed by atoms with E-state index in [-0.39, 0.29) is 12.1 Å². The molecule has 0 aliphatic carbocycles. The summed E-state index contributed by atoms with van der Waals surface area (Å²) in [7, 11) is -3.68. The molecule has 216 valence electrons. The zero-order chi connectivity index (χ0) is 29.2. The van der Waals surface area contributed by atoms with Crippen molar-refractivity contribution in [2.45, 2.75) is 49.3 Å². The van der Waals surface area contributed by atoms with Crippen molar-refractivity contribution in [3.63, 3.8) is 0 Å². The van der Waals surface area contributed by atoms with Gasteiger partial charge in [-0.3, -0.25) is 9.21 Å². The summed E-state index contributed by atoms with van der Waals surface area (Å²) in [4.78, 5) is 20.3. The molecule has 1 unspecified atom stereocenters. The minimum Gasteiger partial charge on any atom is -0.475 e. The first-order valence-electron chi connectivity index (χ1n) is 12.1. The number of anilines is 1. The number of hydrogen-bond acceptors (Lipinski definition) is 8. The summed E-state index contributed by atoms with van der Waals surface area (Å²) in [6.45, 7) is 6.15. The number of aliphatic hydroxyl groups excluding tert-OH is 1. The molecule has 0 bridgehead atoms. The fourth-order valence-electron chi connectivity index (χ4n) is 4.31. The number of aliphatic carboxylic acids is 1. The molecule has 3 N–H and O–H groups in total. The molecule has 1 aliphatic heterocycles. The lowest BCUT2D eigenvalue weighted by Crippen LogP contribution is -2.36. The van der Waals surface area contributed by atoms with Gasteiger partial charge < -0.3 is 15.2 Å². The van der Waals surface area contributed by atoms with Crippen molar-refractivity contribution in [1.82, 2.24) is 14.9 Å². The average molecular weight is 617 g/mol. The molecule has 4 heterocycles. The second-order valence-corrected chi connectivity index (χ2v) is 13.5. The van der Waals surface area contributed by atoms with Gasteiger partial charge in [-0.05, 0) is 43.8 Å². The molecule has 1 aromatic carbocycles. The third-order valence-electron chi connectivity index (χ3n) is 6.00. The smallest absolute Gasteiger partial charge is 0.475 e. The topological polar surface area (TPSA) is 127 Å². The van der Waals surface area contributed by atoms with Gasteiger partial charge in [0.2, 0.25) is 0 Å². The summed E-state index contributed by atoms with van der Waals surface area (Å²) in [6, 6.07) is 10.9. The Morgan fingerprint density at radius 3 is 2.58 bits per heavy atom. The number of benzene rings is 1. The first-order valence-corrected chi connectivity index (χ1v) is 15.3. The van der Waals surface area contributed by atoms with Crippen LogP contribution in [0.4, 0.5) is 18.9 Å². The number of nitrogens with one attached hydrogen (secondary N) is 1. The van der Waals surface area contributed by atoms with E-state index in [4.69, 9.17) is 9.90 Å². The molecule has 1 saturated heterocycles. The molecule has 4 aromatic rings. The molecule has 1 aliphatic rings. The van der Waals surface area contributed by atoms with Crippen molar-refractivity contribution in [1.29, 1.82) is 0 Å². The quantitative estimate of drug-likeness (QED) is 0.262. The molecule has 0 radical (unpaired) electrons. The van der Waals surface area contributed by atoms with E-state index < -0.39 is 22.2 Å². The van der Waals surface area contributed by atoms with Gasteiger partial charge in [-0.1, -0.05) is 18.2 Å². The third-order valence-corrected chi connectivity index (χ3v) is 10.4. The number of halogens is 3. The number of carbonyl (C=O) groups is 1. The van der Waals surface area contributed by atoms with E-state index in [1.165, 1.54) is 15.6 Å². The number of thiazole rings is 1. The van der Waals surface area contributed by atoms with Crippen LogP contribution in [0.15, 0.2) is 52.2 Å². The molecule has 1 fully saturated rings. The second kappa shape index (κ2) is 11.9. The highest BCUT2D eigenvalue weighted by atomic mass is 32.2. The van der Waals surface area contributed by atoms with Crippen molar-refractivity contribution >= 4 is 55.3 Å². The van der Waals surface area contributed by atoms with Gasteiger partial charge in [-0.15, -0.1) is 22.7 Å². The average Bonchev–Trinajstić information content (AvgIpc) is 3.66. The Balaban J connectivity index is 0.000000470. The van der Waals surface area contributed by atoms with Crippen LogP contribution in [0.2, 0.25) is 0 Å². The lowest BCUT2D eigenvalue weighted by atomic mass is 10.2. The molecule has 0 saturated carbocycles. The normalized spacial score (nSPS) is 16.3. The Morgan fingerprint density at radius 2 is 2.00 bits per heavy atom. The number of aromatic nitrogens is 2. The number of aliphatic hydroxyl groups is 1. The monoisotopic (exact) mass is 616 g/mol. The van der Waals surface area contributed by atoms with Crippen LogP contribution in [0.25, 0.3) is 21.6 Å². The molecule has 1 atom stereocenters. The number of para-hydroxylation sites is 1. The number of β-amino-alcohol motifs (C(OH)–C–C–N with tert-alkyl or cyclic N) is 1. The number of sulfonamides is 1. The van der Waals surface area contributed by atoms with Crippen LogP contribution in [0.3, 0.4) is 0 Å². The minimum atomic E-state index is -5.08. The molecule has 5 rings (SSSR count). The number of aromatic amines is 1. The van der Waals surface area contributed by atoms with Crippen molar-refractivity contribution < 1.29 is 36.6 Å². The number of hydrogen-bond donors (Lipinski definition) is 3. The van der Waals surface area contributed by atoms with Crippen molar-refractivity contribution in [3.8, 4) is 10.7 Å². The number of carboxylic acids is 1. The van der Waals surface area contributed by atoms with E-state index in [0.717, 1.165) is 46.0 Å². The highest BCUT2D eigenvalue weighted by Crippen LogP contribution is 2.36. The number of H-pyrrole nitrogens is 1. The van der Waals surface area contributed by atoms with E-state index in [9.17, 15) is 26.7 Å². The standard InChI is InChI=1S/C23H26N4O3S3.C2HF3O2/c1-15(2)27(33(29,30)21-7-4-10-31-21)20-6-3-5-16-11-19(25-22(16)20)23-24-12-18(32-23)14-26-9-8-17(28)13-26;3-2(4,5)1(6)7/h3-7,10-12,15,17,25,28H,8-9,13-14H2,1-2H3;(H,6,7). The Kier molecular flexibility index (Phi) is 8.89. The third kappa shape index (κ3) is 6.66. The lowest BCUT2D eigenvalue weighted by molar-refractivity contribution is -0.192. The number of fused-ring (bicyclic) bond motifs is 1. The van der Waals surface area contributed by atoms with Crippen molar-refractivity contribution in [2.75, 3.05) is 17.4 Å². The van der Waals surface area contributed by atoms with Gasteiger partial charge in [0.15, 0.2) is 0 Å². The molecule has 9 nitrogen and oxygen atoms in total. The maximum Gasteiger partial charge on any atom is 0.490 e. The Labute approximate surface area is 236 Å². The van der Waals surface area contributed by atoms with Gasteiger partial charge in [0, 0.05) is 42.1 Å². The molecule has 15 heteroatoms. The fourth-order valence-corrected chi connectivity index (χ4v) is 7.99. The highest BCUT2D eigenvalue weighted by molar-refractivity contribution is 7.94. The van der Waals surface area contributed by atoms with E-state index in [2.05, 4.69) is 14.9 Å². The van der Waals surface area contributed by atoms with Crippen LogP contribution >= 0.6 is 22.7 Å². The van der Waals surface area contributed by atoms with E-state index >= 15 is 0 Å². The van der Waals surface area contributed by atoms with Crippen LogP contribution in [0.5, 0.6) is 0 Å². The van der Waals surface area contributed by atoms with Crippen LogP contribution in [0, 0.1) is 0 Å². The molecule has 40 heavy (non-hydrogen) atoms. The Morgan fingerprint density at radius 1 is 1.27 bits per heavy atom. The van der Waals surface area contributed by atoms with Gasteiger partial charge in [0.1, 0.15) is 9.22 Å². The van der Waals surface area contributed by atoms with E-state index in [1.54, 1.807) is 28.8 Å². The zero-order valence-corrected chi connectivity index (χ0v) is 23.9. The van der Waals surface area contributed by atoms with Crippen LogP contribution in [0.1, 0.15) is 25.1 Å². The largest absolute Gasteiger partial charge is 0.490 e. The number of carboxylic acid groups (broad SMARTS) is 1. The SMILES string of the molecule is CC(C)N(c1cccc2cc(-c3ncc(CN4CCC(O)C4)s3)[nH]c12)S(=O)(=O)c1cccs1.O=C(O)C(F)(F)F.